The van der Waals surface area contributed by atoms with E-state index in [-0.39, 0.29) is 23.9 Å². The van der Waals surface area contributed by atoms with Crippen molar-refractivity contribution in [2.45, 2.75) is 52.5 Å². The summed E-state index contributed by atoms with van der Waals surface area (Å²) in [5.41, 5.74) is 0.991. The van der Waals surface area contributed by atoms with E-state index in [0.717, 1.165) is 60.9 Å². The Morgan fingerprint density at radius 2 is 1.84 bits per heavy atom. The summed E-state index contributed by atoms with van der Waals surface area (Å²) in [6, 6.07) is 0.0698. The predicted octanol–water partition coefficient (Wildman–Crippen LogP) is 2.86. The minimum Gasteiger partial charge on any atom is -0.348 e. The van der Waals surface area contributed by atoms with Crippen molar-refractivity contribution < 1.29 is 9.59 Å². The number of aromatic nitrogens is 1. The molecule has 0 saturated carbocycles. The molecule has 3 amide bonds. The number of hydrogen-bond acceptors (Lipinski definition) is 4. The van der Waals surface area contributed by atoms with Gasteiger partial charge in [0.25, 0.3) is 0 Å². The number of hydrogen-bond donors (Lipinski definition) is 1. The highest BCUT2D eigenvalue weighted by Crippen LogP contribution is 2.26. The van der Waals surface area contributed by atoms with Crippen LogP contribution in [0.3, 0.4) is 0 Å². The van der Waals surface area contributed by atoms with Gasteiger partial charge in [0.2, 0.25) is 5.91 Å². The van der Waals surface area contributed by atoms with Crippen molar-refractivity contribution in [3.63, 3.8) is 0 Å². The molecule has 0 radical (unpaired) electrons. The Hall–Kier alpha value is -1.63. The van der Waals surface area contributed by atoms with Crippen LogP contribution in [0.25, 0.3) is 0 Å². The van der Waals surface area contributed by atoms with Gasteiger partial charge in [-0.1, -0.05) is 0 Å². The topological polar surface area (TPSA) is 65.5 Å². The number of thiazole rings is 1. The first kappa shape index (κ1) is 18.2. The molecule has 2 saturated heterocycles. The summed E-state index contributed by atoms with van der Waals surface area (Å²) in [5.74, 6) is -0.0612. The second-order valence-corrected chi connectivity index (χ2v) is 8.41. The highest BCUT2D eigenvalue weighted by Gasteiger charge is 2.32. The van der Waals surface area contributed by atoms with E-state index in [2.05, 4.69) is 10.3 Å². The summed E-state index contributed by atoms with van der Waals surface area (Å²) in [7, 11) is 0. The first-order chi connectivity index (χ1) is 12.0. The fourth-order valence-corrected chi connectivity index (χ4v) is 4.75. The monoisotopic (exact) mass is 364 g/mol. The maximum Gasteiger partial charge on any atom is 0.320 e. The second-order valence-electron chi connectivity index (χ2n) is 7.17. The molecule has 2 aliphatic rings. The number of urea groups is 1. The maximum atomic E-state index is 12.7. The molecule has 138 valence electrons. The number of rotatable bonds is 3. The third-order valence-corrected chi connectivity index (χ3v) is 6.39. The van der Waals surface area contributed by atoms with Gasteiger partial charge in [-0.05, 0) is 46.5 Å². The summed E-state index contributed by atoms with van der Waals surface area (Å²) in [5, 5.41) is 4.15. The van der Waals surface area contributed by atoms with E-state index in [9.17, 15) is 9.59 Å². The molecule has 1 aromatic heterocycles. The van der Waals surface area contributed by atoms with Gasteiger partial charge >= 0.3 is 6.03 Å². The number of nitrogens with one attached hydrogen (secondary N) is 1. The normalized spacial score (nSPS) is 22.1. The van der Waals surface area contributed by atoms with Crippen LogP contribution in [0.1, 0.15) is 54.2 Å². The lowest BCUT2D eigenvalue weighted by Gasteiger charge is -2.35. The lowest BCUT2D eigenvalue weighted by Crippen LogP contribution is -2.49. The van der Waals surface area contributed by atoms with E-state index in [4.69, 9.17) is 0 Å². The molecule has 0 aromatic carbocycles. The van der Waals surface area contributed by atoms with E-state index < -0.39 is 0 Å². The van der Waals surface area contributed by atoms with Crippen molar-refractivity contribution in [3.05, 3.63) is 15.6 Å². The van der Waals surface area contributed by atoms with Gasteiger partial charge in [-0.15, -0.1) is 11.3 Å². The predicted molar refractivity (Wildman–Crippen MR) is 98.6 cm³/mol. The maximum absolute atomic E-state index is 12.7. The van der Waals surface area contributed by atoms with E-state index in [0.29, 0.717) is 6.54 Å². The van der Waals surface area contributed by atoms with Crippen LogP contribution in [-0.2, 0) is 4.79 Å². The van der Waals surface area contributed by atoms with Gasteiger partial charge in [0.15, 0.2) is 0 Å². The third-order valence-electron chi connectivity index (χ3n) is 5.13. The van der Waals surface area contributed by atoms with Crippen LogP contribution < -0.4 is 5.32 Å². The van der Waals surface area contributed by atoms with Crippen molar-refractivity contribution in [2.75, 3.05) is 26.2 Å². The van der Waals surface area contributed by atoms with Crippen molar-refractivity contribution >= 4 is 23.3 Å². The Bertz CT molecular complexity index is 639. The van der Waals surface area contributed by atoms with Gasteiger partial charge in [0, 0.05) is 31.1 Å². The highest BCUT2D eigenvalue weighted by molar-refractivity contribution is 7.11. The SMILES string of the molecule is Cc1nc(C)c([C@@H](C)NC(=O)[C@H]2CCCN(C(=O)N3CCCC3)C2)s1. The first-order valence-electron chi connectivity index (χ1n) is 9.24. The zero-order valence-electron chi connectivity index (χ0n) is 15.4. The molecule has 7 heteroatoms. The molecule has 0 aliphatic carbocycles. The summed E-state index contributed by atoms with van der Waals surface area (Å²) in [6.07, 6.45) is 3.93. The van der Waals surface area contributed by atoms with Crippen molar-refractivity contribution in [1.29, 1.82) is 0 Å². The van der Waals surface area contributed by atoms with Gasteiger partial charge < -0.3 is 15.1 Å². The zero-order valence-corrected chi connectivity index (χ0v) is 16.2. The number of likely N-dealkylation sites (tertiary alicyclic amines) is 2. The van der Waals surface area contributed by atoms with Gasteiger partial charge in [0.1, 0.15) is 0 Å². The average molecular weight is 365 g/mol. The molecule has 25 heavy (non-hydrogen) atoms. The smallest absolute Gasteiger partial charge is 0.320 e. The zero-order chi connectivity index (χ0) is 18.0. The largest absolute Gasteiger partial charge is 0.348 e. The average Bonchev–Trinajstić information content (AvgIpc) is 3.23. The second kappa shape index (κ2) is 7.72. The van der Waals surface area contributed by atoms with Gasteiger partial charge in [-0.3, -0.25) is 4.79 Å². The molecule has 2 aliphatic heterocycles. The van der Waals surface area contributed by atoms with Crippen LogP contribution in [0, 0.1) is 19.8 Å². The van der Waals surface area contributed by atoms with Gasteiger partial charge in [-0.25, -0.2) is 9.78 Å². The molecule has 0 bridgehead atoms. The Morgan fingerprint density at radius 1 is 1.16 bits per heavy atom. The number of nitrogens with zero attached hydrogens (tertiary/aromatic N) is 3. The number of carbonyl (C=O) groups excluding carboxylic acids is 2. The standard InChI is InChI=1S/C18H28N4O2S/c1-12-16(25-14(3)19-12)13(2)20-17(23)15-7-6-10-22(11-15)18(24)21-8-4-5-9-21/h13,15H,4-11H2,1-3H3,(H,20,23)/t13-,15+/m1/s1. The molecule has 2 fully saturated rings. The third kappa shape index (κ3) is 4.14. The van der Waals surface area contributed by atoms with Crippen LogP contribution in [0.5, 0.6) is 0 Å². The first-order valence-corrected chi connectivity index (χ1v) is 10.1. The van der Waals surface area contributed by atoms with Crippen molar-refractivity contribution in [3.8, 4) is 0 Å². The van der Waals surface area contributed by atoms with Crippen molar-refractivity contribution in [2.24, 2.45) is 5.92 Å². The quantitative estimate of drug-likeness (QED) is 0.897. The summed E-state index contributed by atoms with van der Waals surface area (Å²) in [6.45, 7) is 8.99. The molecule has 0 spiro atoms. The summed E-state index contributed by atoms with van der Waals surface area (Å²) >= 11 is 1.64. The van der Waals surface area contributed by atoms with E-state index in [1.54, 1.807) is 11.3 Å². The number of carbonyl (C=O) groups is 2. The van der Waals surface area contributed by atoms with Crippen LogP contribution in [0.4, 0.5) is 4.79 Å². The minimum absolute atomic E-state index is 0.0386. The molecule has 0 unspecified atom stereocenters. The van der Waals surface area contributed by atoms with E-state index >= 15 is 0 Å². The molecule has 6 nitrogen and oxygen atoms in total. The molecular weight excluding hydrogens is 336 g/mol. The molecular formula is C18H28N4O2S. The Balaban J connectivity index is 1.58. The van der Waals surface area contributed by atoms with Crippen LogP contribution in [-0.4, -0.2) is 52.9 Å². The molecule has 1 aromatic rings. The fourth-order valence-electron chi connectivity index (χ4n) is 3.82. The molecule has 3 heterocycles. The Morgan fingerprint density at radius 3 is 2.48 bits per heavy atom. The lowest BCUT2D eigenvalue weighted by atomic mass is 9.97. The van der Waals surface area contributed by atoms with Gasteiger partial charge in [-0.2, -0.15) is 0 Å². The molecule has 1 N–H and O–H groups in total. The van der Waals surface area contributed by atoms with Crippen LogP contribution in [0.2, 0.25) is 0 Å². The summed E-state index contributed by atoms with van der Waals surface area (Å²) in [4.78, 5) is 34.6. The van der Waals surface area contributed by atoms with E-state index in [1.165, 1.54) is 0 Å². The fraction of sp³-hybridized carbons (Fsp3) is 0.722. The van der Waals surface area contributed by atoms with Crippen LogP contribution >= 0.6 is 11.3 Å². The summed E-state index contributed by atoms with van der Waals surface area (Å²) < 4.78 is 0. The minimum atomic E-state index is -0.114. The van der Waals surface area contributed by atoms with Crippen molar-refractivity contribution in [1.82, 2.24) is 20.1 Å². The Labute approximate surface area is 153 Å². The number of piperidine rings is 1. The molecule has 3 rings (SSSR count). The van der Waals surface area contributed by atoms with E-state index in [1.807, 2.05) is 30.6 Å². The highest BCUT2D eigenvalue weighted by atomic mass is 32.1. The van der Waals surface area contributed by atoms with Gasteiger partial charge in [0.05, 0.1) is 22.7 Å². The lowest BCUT2D eigenvalue weighted by molar-refractivity contribution is -0.127. The Kier molecular flexibility index (Phi) is 5.61. The van der Waals surface area contributed by atoms with Crippen LogP contribution in [0.15, 0.2) is 0 Å². The number of amides is 3. The molecule has 2 atom stereocenters. The number of aryl methyl sites for hydroxylation is 2.